The zero-order valence-electron chi connectivity index (χ0n) is 14.3. The molecule has 1 heterocycles. The van der Waals surface area contributed by atoms with Crippen LogP contribution in [-0.4, -0.2) is 50.6 Å². The van der Waals surface area contributed by atoms with Gasteiger partial charge >= 0.3 is 6.18 Å². The predicted octanol–water partition coefficient (Wildman–Crippen LogP) is 3.37. The molecule has 1 aromatic carbocycles. The fraction of sp³-hybridized carbons (Fsp3) is 0.647. The van der Waals surface area contributed by atoms with Crippen LogP contribution in [-0.2, 0) is 16.0 Å². The van der Waals surface area contributed by atoms with Crippen LogP contribution < -0.4 is 4.74 Å². The first-order chi connectivity index (χ1) is 11.7. The van der Waals surface area contributed by atoms with Crippen molar-refractivity contribution in [3.05, 3.63) is 29.8 Å². The summed E-state index contributed by atoms with van der Waals surface area (Å²) in [5, 5.41) is 0. The van der Waals surface area contributed by atoms with E-state index in [1.807, 2.05) is 6.92 Å². The molecule has 0 bridgehead atoms. The van der Waals surface area contributed by atoms with Crippen LogP contribution in [0.5, 0.6) is 5.75 Å². The minimum Gasteiger partial charge on any atom is -0.494 e. The summed E-state index contributed by atoms with van der Waals surface area (Å²) >= 11 is 0. The summed E-state index contributed by atoms with van der Waals surface area (Å²) < 4.78 is 66.7. The van der Waals surface area contributed by atoms with Crippen molar-refractivity contribution in [1.29, 1.82) is 0 Å². The van der Waals surface area contributed by atoms with Gasteiger partial charge in [-0.25, -0.2) is 8.42 Å². The van der Waals surface area contributed by atoms with Crippen molar-refractivity contribution in [1.82, 2.24) is 4.90 Å². The lowest BCUT2D eigenvalue weighted by Crippen LogP contribution is -2.38. The molecular weight excluding hydrogens is 355 g/mol. The van der Waals surface area contributed by atoms with Gasteiger partial charge in [0.15, 0.2) is 9.84 Å². The topological polar surface area (TPSA) is 46.6 Å². The van der Waals surface area contributed by atoms with Gasteiger partial charge < -0.3 is 4.74 Å². The number of hydrogen-bond acceptors (Lipinski definition) is 4. The Morgan fingerprint density at radius 3 is 2.64 bits per heavy atom. The zero-order chi connectivity index (χ0) is 18.5. The number of rotatable bonds is 8. The molecule has 0 spiro atoms. The van der Waals surface area contributed by atoms with Gasteiger partial charge in [0.25, 0.3) is 0 Å². The van der Waals surface area contributed by atoms with E-state index in [9.17, 15) is 21.6 Å². The molecule has 0 saturated carbocycles. The zero-order valence-corrected chi connectivity index (χ0v) is 15.1. The average Bonchev–Trinajstić information content (AvgIpc) is 2.90. The third kappa shape index (κ3) is 6.18. The molecule has 25 heavy (non-hydrogen) atoms. The molecule has 0 N–H and O–H groups in total. The molecule has 0 radical (unpaired) electrons. The van der Waals surface area contributed by atoms with E-state index < -0.39 is 21.6 Å². The third-order valence-electron chi connectivity index (χ3n) is 4.26. The minimum absolute atomic E-state index is 0.0403. The van der Waals surface area contributed by atoms with Crippen molar-refractivity contribution < 1.29 is 26.3 Å². The van der Waals surface area contributed by atoms with Crippen molar-refractivity contribution >= 4 is 9.84 Å². The van der Waals surface area contributed by atoms with Crippen LogP contribution in [0.4, 0.5) is 13.2 Å². The van der Waals surface area contributed by atoms with Gasteiger partial charge in [-0.15, -0.1) is 0 Å². The third-order valence-corrected chi connectivity index (χ3v) is 6.01. The molecule has 0 amide bonds. The Kier molecular flexibility index (Phi) is 6.73. The maximum absolute atomic E-state index is 12.7. The second-order valence-corrected chi connectivity index (χ2v) is 8.55. The molecule has 4 nitrogen and oxygen atoms in total. The monoisotopic (exact) mass is 379 g/mol. The van der Waals surface area contributed by atoms with Crippen molar-refractivity contribution in [2.24, 2.45) is 0 Å². The average molecular weight is 379 g/mol. The van der Waals surface area contributed by atoms with Crippen molar-refractivity contribution in [3.8, 4) is 5.75 Å². The van der Waals surface area contributed by atoms with E-state index in [-0.39, 0.29) is 23.3 Å². The van der Waals surface area contributed by atoms with E-state index >= 15 is 0 Å². The number of halogens is 3. The molecule has 1 aromatic rings. The van der Waals surface area contributed by atoms with Crippen LogP contribution in [0.15, 0.2) is 24.3 Å². The van der Waals surface area contributed by atoms with Crippen LogP contribution in [0.1, 0.15) is 31.7 Å². The number of sulfone groups is 1. The number of benzene rings is 1. The highest BCUT2D eigenvalue weighted by molar-refractivity contribution is 7.91. The molecule has 2 rings (SSSR count). The Labute approximate surface area is 146 Å². The Morgan fingerprint density at radius 2 is 2.04 bits per heavy atom. The summed E-state index contributed by atoms with van der Waals surface area (Å²) in [7, 11) is -2.93. The molecule has 1 aliphatic rings. The van der Waals surface area contributed by atoms with Gasteiger partial charge in [0.2, 0.25) is 0 Å². The number of alkyl halides is 3. The lowest BCUT2D eigenvalue weighted by molar-refractivity contribution is -0.137. The van der Waals surface area contributed by atoms with Gasteiger partial charge in [-0.05, 0) is 44.0 Å². The summed E-state index contributed by atoms with van der Waals surface area (Å²) in [6, 6.07) is 4.87. The van der Waals surface area contributed by atoms with Crippen molar-refractivity contribution in [2.45, 2.75) is 38.4 Å². The van der Waals surface area contributed by atoms with E-state index in [0.29, 0.717) is 26.0 Å². The largest absolute Gasteiger partial charge is 0.494 e. The van der Waals surface area contributed by atoms with E-state index in [4.69, 9.17) is 4.74 Å². The molecule has 1 unspecified atom stereocenters. The van der Waals surface area contributed by atoms with Gasteiger partial charge in [0.1, 0.15) is 5.75 Å². The summed E-state index contributed by atoms with van der Waals surface area (Å²) in [5.74, 6) is 0.625. The maximum atomic E-state index is 12.7. The maximum Gasteiger partial charge on any atom is 0.416 e. The lowest BCUT2D eigenvalue weighted by Gasteiger charge is -2.27. The van der Waals surface area contributed by atoms with Crippen LogP contribution >= 0.6 is 0 Å². The van der Waals surface area contributed by atoms with Gasteiger partial charge in [-0.2, -0.15) is 13.2 Å². The highest BCUT2D eigenvalue weighted by Crippen LogP contribution is 2.31. The van der Waals surface area contributed by atoms with Gasteiger partial charge in [-0.1, -0.05) is 13.0 Å². The van der Waals surface area contributed by atoms with Gasteiger partial charge in [-0.3, -0.25) is 4.90 Å². The molecule has 1 atom stereocenters. The molecule has 1 fully saturated rings. The van der Waals surface area contributed by atoms with Crippen LogP contribution in [0.25, 0.3) is 0 Å². The highest BCUT2D eigenvalue weighted by atomic mass is 32.2. The first-order valence-corrected chi connectivity index (χ1v) is 10.3. The normalized spacial score (nSPS) is 20.1. The SMILES string of the molecule is CCCN(CCCOc1cccc(C(F)(F)F)c1)C1CCS(=O)(=O)C1. The predicted molar refractivity (Wildman–Crippen MR) is 90.5 cm³/mol. The Hall–Kier alpha value is -1.28. The molecule has 142 valence electrons. The molecule has 1 aliphatic heterocycles. The molecular formula is C17H24F3NO3S. The molecule has 0 aliphatic carbocycles. The fourth-order valence-corrected chi connectivity index (χ4v) is 4.81. The second-order valence-electron chi connectivity index (χ2n) is 6.32. The summed E-state index contributed by atoms with van der Waals surface area (Å²) in [5.41, 5.74) is -0.728. The Morgan fingerprint density at radius 1 is 1.28 bits per heavy atom. The summed E-state index contributed by atoms with van der Waals surface area (Å²) in [6.07, 6.45) is -2.18. The summed E-state index contributed by atoms with van der Waals surface area (Å²) in [6.45, 7) is 3.81. The second kappa shape index (κ2) is 8.40. The van der Waals surface area contributed by atoms with E-state index in [1.165, 1.54) is 12.1 Å². The Bertz CT molecular complexity index is 661. The van der Waals surface area contributed by atoms with E-state index in [1.54, 1.807) is 0 Å². The lowest BCUT2D eigenvalue weighted by atomic mass is 10.2. The van der Waals surface area contributed by atoms with E-state index in [0.717, 1.165) is 25.1 Å². The fourth-order valence-electron chi connectivity index (χ4n) is 3.05. The van der Waals surface area contributed by atoms with Crippen LogP contribution in [0.2, 0.25) is 0 Å². The first-order valence-electron chi connectivity index (χ1n) is 8.46. The number of ether oxygens (including phenoxy) is 1. The molecule has 8 heteroatoms. The minimum atomic E-state index is -4.38. The highest BCUT2D eigenvalue weighted by Gasteiger charge is 2.32. The van der Waals surface area contributed by atoms with Gasteiger partial charge in [0, 0.05) is 12.6 Å². The number of hydrogen-bond donors (Lipinski definition) is 0. The number of nitrogens with zero attached hydrogens (tertiary/aromatic N) is 1. The standard InChI is InChI=1S/C17H24F3NO3S/c1-2-8-21(15-7-11-25(22,23)13-15)9-4-10-24-16-6-3-5-14(12-16)17(18,19)20/h3,5-6,12,15H,2,4,7-11,13H2,1H3. The first kappa shape index (κ1) is 20.0. The van der Waals surface area contributed by atoms with Crippen LogP contribution in [0.3, 0.4) is 0 Å². The smallest absolute Gasteiger partial charge is 0.416 e. The van der Waals surface area contributed by atoms with Crippen molar-refractivity contribution in [3.63, 3.8) is 0 Å². The van der Waals surface area contributed by atoms with E-state index in [2.05, 4.69) is 4.90 Å². The Balaban J connectivity index is 1.82. The van der Waals surface area contributed by atoms with Crippen LogP contribution in [0, 0.1) is 0 Å². The van der Waals surface area contributed by atoms with Gasteiger partial charge in [0.05, 0.1) is 23.7 Å². The molecule has 1 saturated heterocycles. The molecule has 0 aromatic heterocycles. The summed E-state index contributed by atoms with van der Waals surface area (Å²) in [4.78, 5) is 2.15. The van der Waals surface area contributed by atoms with Crippen molar-refractivity contribution in [2.75, 3.05) is 31.2 Å². The quantitative estimate of drug-likeness (QED) is 0.650.